The van der Waals surface area contributed by atoms with Crippen LogP contribution in [0.15, 0.2) is 18.2 Å². The molecule has 1 amide bonds. The summed E-state index contributed by atoms with van der Waals surface area (Å²) >= 11 is 11.9. The molecule has 1 heterocycles. The predicted octanol–water partition coefficient (Wildman–Crippen LogP) is 2.77. The summed E-state index contributed by atoms with van der Waals surface area (Å²) in [7, 11) is 0. The van der Waals surface area contributed by atoms with Gasteiger partial charge in [-0.1, -0.05) is 29.3 Å². The number of ether oxygens (including phenoxy) is 1. The van der Waals surface area contributed by atoms with E-state index in [0.29, 0.717) is 15.6 Å². The Kier molecular flexibility index (Phi) is 2.52. The molecule has 1 aromatic carbocycles. The van der Waals surface area contributed by atoms with Gasteiger partial charge < -0.3 is 10.1 Å². The number of hydrogen-bond acceptors (Lipinski definition) is 2. The van der Waals surface area contributed by atoms with E-state index in [9.17, 15) is 4.79 Å². The lowest BCUT2D eigenvalue weighted by atomic mass is 10.1. The van der Waals surface area contributed by atoms with Crippen molar-refractivity contribution in [2.45, 2.75) is 6.04 Å². The van der Waals surface area contributed by atoms with Crippen LogP contribution in [0.4, 0.5) is 4.79 Å². The molecule has 0 radical (unpaired) electrons. The topological polar surface area (TPSA) is 38.3 Å². The lowest BCUT2D eigenvalue weighted by Crippen LogP contribution is -2.18. The summed E-state index contributed by atoms with van der Waals surface area (Å²) in [5.74, 6) is 0. The first kappa shape index (κ1) is 9.62. The van der Waals surface area contributed by atoms with Crippen LogP contribution in [0.1, 0.15) is 11.6 Å². The second-order valence-electron chi connectivity index (χ2n) is 2.93. The zero-order chi connectivity index (χ0) is 10.1. The Morgan fingerprint density at radius 3 is 2.50 bits per heavy atom. The van der Waals surface area contributed by atoms with Gasteiger partial charge in [0.25, 0.3) is 0 Å². The van der Waals surface area contributed by atoms with Gasteiger partial charge in [-0.3, -0.25) is 0 Å². The van der Waals surface area contributed by atoms with Gasteiger partial charge in [-0.15, -0.1) is 0 Å². The van der Waals surface area contributed by atoms with Crippen molar-refractivity contribution in [3.8, 4) is 0 Å². The van der Waals surface area contributed by atoms with Crippen LogP contribution in [0.3, 0.4) is 0 Å². The zero-order valence-electron chi connectivity index (χ0n) is 7.09. The van der Waals surface area contributed by atoms with Crippen molar-refractivity contribution in [2.24, 2.45) is 0 Å². The third-order valence-corrected chi connectivity index (χ3v) is 2.68. The Balaban J connectivity index is 2.36. The van der Waals surface area contributed by atoms with Gasteiger partial charge in [0.2, 0.25) is 0 Å². The van der Waals surface area contributed by atoms with E-state index in [0.717, 1.165) is 0 Å². The van der Waals surface area contributed by atoms with Crippen LogP contribution in [0.5, 0.6) is 0 Å². The van der Waals surface area contributed by atoms with Gasteiger partial charge in [0.1, 0.15) is 6.61 Å². The Morgan fingerprint density at radius 2 is 2.00 bits per heavy atom. The number of benzene rings is 1. The smallest absolute Gasteiger partial charge is 0.407 e. The molecule has 3 nitrogen and oxygen atoms in total. The van der Waals surface area contributed by atoms with Gasteiger partial charge in [-0.25, -0.2) is 4.79 Å². The van der Waals surface area contributed by atoms with Crippen LogP contribution in [-0.4, -0.2) is 12.7 Å². The zero-order valence-corrected chi connectivity index (χ0v) is 8.60. The Morgan fingerprint density at radius 1 is 1.36 bits per heavy atom. The maximum atomic E-state index is 10.8. The highest BCUT2D eigenvalue weighted by Gasteiger charge is 2.27. The average molecular weight is 232 g/mol. The molecule has 1 atom stereocenters. The highest BCUT2D eigenvalue weighted by Crippen LogP contribution is 2.31. The molecule has 0 spiro atoms. The summed E-state index contributed by atoms with van der Waals surface area (Å²) in [6.07, 6.45) is -0.439. The number of nitrogens with one attached hydrogen (secondary N) is 1. The normalized spacial score (nSPS) is 20.4. The van der Waals surface area contributed by atoms with Crippen LogP contribution in [0.25, 0.3) is 0 Å². The molecular weight excluding hydrogens is 225 g/mol. The van der Waals surface area contributed by atoms with Crippen LogP contribution >= 0.6 is 23.2 Å². The molecule has 5 heteroatoms. The van der Waals surface area contributed by atoms with E-state index in [4.69, 9.17) is 27.9 Å². The number of cyclic esters (lactones) is 1. The first-order chi connectivity index (χ1) is 6.68. The van der Waals surface area contributed by atoms with Crippen LogP contribution in [-0.2, 0) is 4.74 Å². The van der Waals surface area contributed by atoms with E-state index >= 15 is 0 Å². The average Bonchev–Trinajstić information content (AvgIpc) is 2.51. The maximum Gasteiger partial charge on any atom is 0.407 e. The third kappa shape index (κ3) is 1.65. The van der Waals surface area contributed by atoms with E-state index in [1.54, 1.807) is 18.2 Å². The monoisotopic (exact) mass is 231 g/mol. The number of hydrogen-bond donors (Lipinski definition) is 1. The van der Waals surface area contributed by atoms with E-state index in [1.807, 2.05) is 0 Å². The molecule has 0 aromatic heterocycles. The van der Waals surface area contributed by atoms with Gasteiger partial charge in [0.05, 0.1) is 6.04 Å². The molecule has 0 bridgehead atoms. The lowest BCUT2D eigenvalue weighted by Gasteiger charge is -2.11. The van der Waals surface area contributed by atoms with E-state index in [1.165, 1.54) is 0 Å². The molecule has 1 aliphatic rings. The fourth-order valence-corrected chi connectivity index (χ4v) is 2.04. The summed E-state index contributed by atoms with van der Waals surface area (Å²) in [6, 6.07) is 4.97. The summed E-state index contributed by atoms with van der Waals surface area (Å²) < 4.78 is 4.76. The fraction of sp³-hybridized carbons (Fsp3) is 0.222. The predicted molar refractivity (Wildman–Crippen MR) is 53.7 cm³/mol. The minimum atomic E-state index is -0.439. The van der Waals surface area contributed by atoms with Gasteiger partial charge in [0, 0.05) is 15.6 Å². The van der Waals surface area contributed by atoms with Crippen molar-refractivity contribution in [1.82, 2.24) is 5.32 Å². The van der Waals surface area contributed by atoms with Crippen molar-refractivity contribution < 1.29 is 9.53 Å². The molecule has 2 rings (SSSR count). The van der Waals surface area contributed by atoms with Crippen molar-refractivity contribution in [3.63, 3.8) is 0 Å². The summed E-state index contributed by atoms with van der Waals surface area (Å²) in [5, 5.41) is 3.69. The quantitative estimate of drug-likeness (QED) is 0.808. The molecule has 1 N–H and O–H groups in total. The van der Waals surface area contributed by atoms with Crippen molar-refractivity contribution in [1.29, 1.82) is 0 Å². The first-order valence-electron chi connectivity index (χ1n) is 4.05. The second kappa shape index (κ2) is 3.67. The van der Waals surface area contributed by atoms with Crippen LogP contribution in [0, 0.1) is 0 Å². The molecule has 14 heavy (non-hydrogen) atoms. The molecular formula is C9H7Cl2NO2. The highest BCUT2D eigenvalue weighted by atomic mass is 35.5. The van der Waals surface area contributed by atoms with E-state index in [-0.39, 0.29) is 12.6 Å². The first-order valence-corrected chi connectivity index (χ1v) is 4.81. The number of halogens is 2. The molecule has 1 fully saturated rings. The SMILES string of the molecule is O=C1NC(c2c(Cl)cccc2Cl)CO1. The molecule has 1 aromatic rings. The molecule has 1 aliphatic heterocycles. The number of alkyl carbamates (subject to hydrolysis) is 1. The summed E-state index contributed by atoms with van der Waals surface area (Å²) in [4.78, 5) is 10.8. The highest BCUT2D eigenvalue weighted by molar-refractivity contribution is 6.36. The molecule has 74 valence electrons. The molecule has 1 unspecified atom stereocenters. The van der Waals surface area contributed by atoms with Crippen LogP contribution in [0.2, 0.25) is 10.0 Å². The number of amides is 1. The van der Waals surface area contributed by atoms with Gasteiger partial charge >= 0.3 is 6.09 Å². The van der Waals surface area contributed by atoms with Gasteiger partial charge in [-0.05, 0) is 12.1 Å². The van der Waals surface area contributed by atoms with Crippen molar-refractivity contribution in [3.05, 3.63) is 33.8 Å². The number of carbonyl (C=O) groups is 1. The second-order valence-corrected chi connectivity index (χ2v) is 3.75. The third-order valence-electron chi connectivity index (χ3n) is 2.02. The van der Waals surface area contributed by atoms with Gasteiger partial charge in [-0.2, -0.15) is 0 Å². The summed E-state index contributed by atoms with van der Waals surface area (Å²) in [5.41, 5.74) is 0.710. The minimum absolute atomic E-state index is 0.247. The minimum Gasteiger partial charge on any atom is -0.447 e. The maximum absolute atomic E-state index is 10.8. The van der Waals surface area contributed by atoms with Crippen LogP contribution < -0.4 is 5.32 Å². The summed E-state index contributed by atoms with van der Waals surface area (Å²) in [6.45, 7) is 0.266. The van der Waals surface area contributed by atoms with E-state index in [2.05, 4.69) is 5.32 Å². The van der Waals surface area contributed by atoms with Crippen molar-refractivity contribution >= 4 is 29.3 Å². The number of rotatable bonds is 1. The standard InChI is InChI=1S/C9H7Cl2NO2/c10-5-2-1-3-6(11)8(5)7-4-14-9(13)12-7/h1-3,7H,4H2,(H,12,13). The largest absolute Gasteiger partial charge is 0.447 e. The van der Waals surface area contributed by atoms with E-state index < -0.39 is 6.09 Å². The lowest BCUT2D eigenvalue weighted by molar-refractivity contribution is 0.177. The Labute approximate surface area is 91.0 Å². The molecule has 1 saturated heterocycles. The number of carbonyl (C=O) groups excluding carboxylic acids is 1. The Bertz CT molecular complexity index is 361. The Hall–Kier alpha value is -0.930. The van der Waals surface area contributed by atoms with Crippen molar-refractivity contribution in [2.75, 3.05) is 6.61 Å². The molecule has 0 aliphatic carbocycles. The molecule has 0 saturated carbocycles. The fourth-order valence-electron chi connectivity index (χ4n) is 1.38. The van der Waals surface area contributed by atoms with Gasteiger partial charge in [0.15, 0.2) is 0 Å².